The van der Waals surface area contributed by atoms with Crippen molar-refractivity contribution in [3.63, 3.8) is 0 Å². The minimum atomic E-state index is -0.528. The zero-order valence-electron chi connectivity index (χ0n) is 12.4. The Kier molecular flexibility index (Phi) is 6.35. The summed E-state index contributed by atoms with van der Waals surface area (Å²) in [4.78, 5) is 20.6. The fraction of sp³-hybridized carbons (Fsp3) is 0.733. The molecule has 2 N–H and O–H groups in total. The predicted octanol–water partition coefficient (Wildman–Crippen LogP) is 0.0881. The van der Waals surface area contributed by atoms with Crippen molar-refractivity contribution in [2.45, 2.75) is 12.8 Å². The summed E-state index contributed by atoms with van der Waals surface area (Å²) in [6.07, 6.45) is 4.43. The van der Waals surface area contributed by atoms with Crippen LogP contribution in [-0.2, 0) is 4.79 Å². The first kappa shape index (κ1) is 16.1. The molecule has 1 aliphatic carbocycles. The van der Waals surface area contributed by atoms with E-state index < -0.39 is 5.92 Å². The van der Waals surface area contributed by atoms with Crippen molar-refractivity contribution in [1.29, 1.82) is 0 Å². The summed E-state index contributed by atoms with van der Waals surface area (Å²) in [5, 5.41) is 18.6. The van der Waals surface area contributed by atoms with Crippen LogP contribution in [0.4, 0.5) is 0 Å². The number of hydrogen-bond acceptors (Lipinski definition) is 6. The number of carbonyl (C=O) groups is 1. The molecule has 6 heteroatoms. The molecule has 21 heavy (non-hydrogen) atoms. The number of β-amino-alcohol motifs (C(OH)–C–C–N with tert-alkyl or cyclic N) is 1. The summed E-state index contributed by atoms with van der Waals surface area (Å²) in [6.45, 7) is 6.43. The third kappa shape index (κ3) is 4.91. The van der Waals surface area contributed by atoms with Gasteiger partial charge < -0.3 is 10.2 Å². The molecule has 6 nitrogen and oxygen atoms in total. The molecule has 1 heterocycles. The van der Waals surface area contributed by atoms with Crippen LogP contribution >= 0.6 is 0 Å². The molecule has 0 bridgehead atoms. The number of rotatable bonds is 6. The van der Waals surface area contributed by atoms with Crippen LogP contribution in [0, 0.1) is 5.92 Å². The minimum absolute atomic E-state index is 0.0522. The smallest absolute Gasteiger partial charge is 0.149 e. The number of allylic oxidation sites excluding steroid dienone is 2. The van der Waals surface area contributed by atoms with Gasteiger partial charge in [-0.25, -0.2) is 0 Å². The normalized spacial score (nSPS) is 25.5. The molecular weight excluding hydrogens is 270 g/mol. The van der Waals surface area contributed by atoms with E-state index in [1.165, 1.54) is 0 Å². The zero-order valence-corrected chi connectivity index (χ0v) is 12.4. The topological polar surface area (TPSA) is 76.4 Å². The number of piperazine rings is 1. The number of aliphatic hydroxyl groups is 2. The molecule has 0 aromatic heterocycles. The minimum Gasteiger partial charge on any atom is -0.511 e. The molecule has 0 radical (unpaired) electrons. The monoisotopic (exact) mass is 295 g/mol. The molecule has 1 atom stereocenters. The van der Waals surface area contributed by atoms with E-state index in [4.69, 9.17) is 5.11 Å². The molecule has 1 unspecified atom stereocenters. The molecule has 0 spiro atoms. The number of carbonyl (C=O) groups excluding carboxylic acids is 1. The predicted molar refractivity (Wildman–Crippen MR) is 81.8 cm³/mol. The number of aliphatic hydroxyl groups excluding tert-OH is 2. The Morgan fingerprint density at radius 3 is 2.52 bits per heavy atom. The van der Waals surface area contributed by atoms with Gasteiger partial charge in [0, 0.05) is 51.9 Å². The van der Waals surface area contributed by atoms with Gasteiger partial charge in [0.25, 0.3) is 0 Å². The van der Waals surface area contributed by atoms with Crippen LogP contribution in [0.1, 0.15) is 12.8 Å². The number of Topliss-reactive ketones (excluding diaryl/α,β-unsaturated/α-hetero) is 1. The summed E-state index contributed by atoms with van der Waals surface area (Å²) in [7, 11) is 0. The molecule has 0 saturated carbocycles. The van der Waals surface area contributed by atoms with E-state index in [0.717, 1.165) is 39.3 Å². The lowest BCUT2D eigenvalue weighted by atomic mass is 9.93. The lowest BCUT2D eigenvalue weighted by Crippen LogP contribution is -2.47. The molecule has 1 saturated heterocycles. The Hall–Kier alpha value is -1.24. The van der Waals surface area contributed by atoms with Crippen molar-refractivity contribution < 1.29 is 15.0 Å². The van der Waals surface area contributed by atoms with Crippen molar-refractivity contribution in [1.82, 2.24) is 9.80 Å². The zero-order chi connectivity index (χ0) is 15.1. The van der Waals surface area contributed by atoms with Gasteiger partial charge >= 0.3 is 0 Å². The van der Waals surface area contributed by atoms with E-state index in [1.807, 2.05) is 0 Å². The average Bonchev–Trinajstić information content (AvgIpc) is 2.48. The van der Waals surface area contributed by atoms with E-state index >= 15 is 0 Å². The van der Waals surface area contributed by atoms with E-state index in [0.29, 0.717) is 19.4 Å². The maximum atomic E-state index is 11.7. The standard InChI is InChI=1S/C15H25N3O3/c19-11-10-18-8-6-17(7-9-18)5-4-16-12-13-14(20)2-1-3-15(13)21/h2,12-13,19-20H,1,3-11H2. The molecule has 0 amide bonds. The molecule has 2 aliphatic rings. The molecule has 118 valence electrons. The average molecular weight is 295 g/mol. The van der Waals surface area contributed by atoms with Gasteiger partial charge in [0.15, 0.2) is 0 Å². The van der Waals surface area contributed by atoms with Crippen LogP contribution < -0.4 is 0 Å². The first-order chi connectivity index (χ1) is 10.2. The number of nitrogens with zero attached hydrogens (tertiary/aromatic N) is 3. The third-order valence-electron chi connectivity index (χ3n) is 4.09. The molecule has 0 aromatic carbocycles. The summed E-state index contributed by atoms with van der Waals surface area (Å²) < 4.78 is 0. The molecule has 1 fully saturated rings. The summed E-state index contributed by atoms with van der Waals surface area (Å²) >= 11 is 0. The maximum absolute atomic E-state index is 11.7. The molecular formula is C15H25N3O3. The summed E-state index contributed by atoms with van der Waals surface area (Å²) in [5.41, 5.74) is 0. The van der Waals surface area contributed by atoms with Gasteiger partial charge in [-0.2, -0.15) is 0 Å². The van der Waals surface area contributed by atoms with E-state index in [2.05, 4.69) is 14.8 Å². The van der Waals surface area contributed by atoms with Crippen LogP contribution in [0.5, 0.6) is 0 Å². The van der Waals surface area contributed by atoms with Crippen molar-refractivity contribution >= 4 is 12.0 Å². The number of hydrogen-bond donors (Lipinski definition) is 2. The van der Waals surface area contributed by atoms with Crippen LogP contribution in [0.3, 0.4) is 0 Å². The molecule has 1 aliphatic heterocycles. The highest BCUT2D eigenvalue weighted by atomic mass is 16.3. The second kappa shape index (κ2) is 8.26. The summed E-state index contributed by atoms with van der Waals surface area (Å²) in [5.74, 6) is -0.330. The quantitative estimate of drug-likeness (QED) is 0.679. The van der Waals surface area contributed by atoms with Crippen molar-refractivity contribution in [3.05, 3.63) is 11.8 Å². The van der Waals surface area contributed by atoms with Gasteiger partial charge in [-0.05, 0) is 12.5 Å². The van der Waals surface area contributed by atoms with Crippen LogP contribution in [0.2, 0.25) is 0 Å². The Morgan fingerprint density at radius 2 is 1.90 bits per heavy atom. The Labute approximate surface area is 125 Å². The second-order valence-electron chi connectivity index (χ2n) is 5.57. The molecule has 2 rings (SSSR count). The Balaban J connectivity index is 1.68. The fourth-order valence-corrected chi connectivity index (χ4v) is 2.73. The maximum Gasteiger partial charge on any atom is 0.149 e. The number of aliphatic imine (C=N–C) groups is 1. The van der Waals surface area contributed by atoms with Crippen molar-refractivity contribution in [3.8, 4) is 0 Å². The number of ketones is 1. The van der Waals surface area contributed by atoms with Gasteiger partial charge in [0.2, 0.25) is 0 Å². The SMILES string of the molecule is O=C1CCC=C(O)C1C=NCCN1CCN(CCO)CC1. The highest BCUT2D eigenvalue weighted by molar-refractivity contribution is 5.98. The fourth-order valence-electron chi connectivity index (χ4n) is 2.73. The Morgan fingerprint density at radius 1 is 1.24 bits per heavy atom. The highest BCUT2D eigenvalue weighted by Crippen LogP contribution is 2.17. The molecule has 0 aromatic rings. The van der Waals surface area contributed by atoms with E-state index in [-0.39, 0.29) is 18.1 Å². The van der Waals surface area contributed by atoms with Gasteiger partial charge in [-0.15, -0.1) is 0 Å². The first-order valence-electron chi connectivity index (χ1n) is 7.68. The van der Waals surface area contributed by atoms with Gasteiger partial charge in [0.05, 0.1) is 13.2 Å². The third-order valence-corrected chi connectivity index (χ3v) is 4.09. The lowest BCUT2D eigenvalue weighted by molar-refractivity contribution is -0.121. The van der Waals surface area contributed by atoms with Gasteiger partial charge in [-0.3, -0.25) is 19.6 Å². The highest BCUT2D eigenvalue weighted by Gasteiger charge is 2.23. The van der Waals surface area contributed by atoms with Crippen LogP contribution in [0.15, 0.2) is 16.8 Å². The summed E-state index contributed by atoms with van der Waals surface area (Å²) in [6, 6.07) is 0. The van der Waals surface area contributed by atoms with Crippen molar-refractivity contribution in [2.24, 2.45) is 10.9 Å². The Bertz CT molecular complexity index is 401. The first-order valence-corrected chi connectivity index (χ1v) is 7.68. The van der Waals surface area contributed by atoms with E-state index in [1.54, 1.807) is 12.3 Å². The van der Waals surface area contributed by atoms with Crippen molar-refractivity contribution in [2.75, 3.05) is 52.4 Å². The van der Waals surface area contributed by atoms with E-state index in [9.17, 15) is 9.90 Å². The second-order valence-corrected chi connectivity index (χ2v) is 5.57. The lowest BCUT2D eigenvalue weighted by Gasteiger charge is -2.33. The van der Waals surface area contributed by atoms with Crippen LogP contribution in [-0.4, -0.2) is 84.4 Å². The van der Waals surface area contributed by atoms with Gasteiger partial charge in [0.1, 0.15) is 17.5 Å². The largest absolute Gasteiger partial charge is 0.511 e. The van der Waals surface area contributed by atoms with Crippen LogP contribution in [0.25, 0.3) is 0 Å². The van der Waals surface area contributed by atoms with Gasteiger partial charge in [-0.1, -0.05) is 0 Å².